The minimum Gasteiger partial charge on any atom is -0.436 e. The second kappa shape index (κ2) is 9.34. The first-order valence-corrected chi connectivity index (χ1v) is 11.1. The SMILES string of the molecule is O=C(CN[C@@H]1CC[C@H](NC(=O)c2ccncc2)C1)c1ccc(-c2nc3ccccc3o2)cc1. The van der Waals surface area contributed by atoms with Gasteiger partial charge in [-0.25, -0.2) is 4.98 Å². The van der Waals surface area contributed by atoms with E-state index in [1.165, 1.54) is 0 Å². The van der Waals surface area contributed by atoms with Crippen LogP contribution in [0.25, 0.3) is 22.6 Å². The van der Waals surface area contributed by atoms with Crippen LogP contribution in [-0.2, 0) is 0 Å². The van der Waals surface area contributed by atoms with Gasteiger partial charge in [-0.3, -0.25) is 14.6 Å². The first-order chi connectivity index (χ1) is 16.2. The summed E-state index contributed by atoms with van der Waals surface area (Å²) in [6.45, 7) is 0.262. The van der Waals surface area contributed by atoms with Gasteiger partial charge in [0.15, 0.2) is 11.4 Å². The van der Waals surface area contributed by atoms with Gasteiger partial charge < -0.3 is 15.1 Å². The van der Waals surface area contributed by atoms with Gasteiger partial charge in [0.1, 0.15) is 5.52 Å². The molecule has 7 nitrogen and oxygen atoms in total. The van der Waals surface area contributed by atoms with E-state index in [0.29, 0.717) is 17.0 Å². The van der Waals surface area contributed by atoms with Gasteiger partial charge >= 0.3 is 0 Å². The van der Waals surface area contributed by atoms with Gasteiger partial charge in [0.25, 0.3) is 5.91 Å². The van der Waals surface area contributed by atoms with Gasteiger partial charge in [-0.15, -0.1) is 0 Å². The topological polar surface area (TPSA) is 97.1 Å². The van der Waals surface area contributed by atoms with Gasteiger partial charge in [-0.05, 0) is 55.7 Å². The summed E-state index contributed by atoms with van der Waals surface area (Å²) in [5, 5.41) is 6.41. The first-order valence-electron chi connectivity index (χ1n) is 11.1. The number of carbonyl (C=O) groups excluding carboxylic acids is 2. The molecule has 0 saturated heterocycles. The third kappa shape index (κ3) is 4.83. The number of Topliss-reactive ketones (excluding diaryl/α,β-unsaturated/α-hetero) is 1. The number of hydrogen-bond acceptors (Lipinski definition) is 6. The molecule has 1 aliphatic carbocycles. The predicted molar refractivity (Wildman–Crippen MR) is 125 cm³/mol. The van der Waals surface area contributed by atoms with Crippen molar-refractivity contribution in [1.82, 2.24) is 20.6 Å². The summed E-state index contributed by atoms with van der Waals surface area (Å²) in [5.41, 5.74) is 3.63. The molecule has 7 heteroatoms. The van der Waals surface area contributed by atoms with E-state index in [1.54, 1.807) is 36.7 Å². The summed E-state index contributed by atoms with van der Waals surface area (Å²) in [6, 6.07) is 18.7. The predicted octanol–water partition coefficient (Wildman–Crippen LogP) is 4.01. The van der Waals surface area contributed by atoms with Crippen LogP contribution in [0.5, 0.6) is 0 Å². The maximum absolute atomic E-state index is 12.7. The Morgan fingerprint density at radius 2 is 1.67 bits per heavy atom. The van der Waals surface area contributed by atoms with Crippen LogP contribution in [0.15, 0.2) is 77.5 Å². The highest BCUT2D eigenvalue weighted by Gasteiger charge is 2.26. The van der Waals surface area contributed by atoms with Crippen molar-refractivity contribution in [3.63, 3.8) is 0 Å². The lowest BCUT2D eigenvalue weighted by molar-refractivity contribution is 0.0934. The lowest BCUT2D eigenvalue weighted by Crippen LogP contribution is -2.36. The van der Waals surface area contributed by atoms with E-state index in [0.717, 1.165) is 35.9 Å². The molecule has 166 valence electrons. The van der Waals surface area contributed by atoms with E-state index in [-0.39, 0.29) is 30.3 Å². The van der Waals surface area contributed by atoms with E-state index >= 15 is 0 Å². The Kier molecular flexibility index (Phi) is 5.95. The number of hydrogen-bond donors (Lipinski definition) is 2. The lowest BCUT2D eigenvalue weighted by Gasteiger charge is -2.14. The largest absolute Gasteiger partial charge is 0.436 e. The molecule has 2 atom stereocenters. The average molecular weight is 441 g/mol. The van der Waals surface area contributed by atoms with Crippen LogP contribution in [0.3, 0.4) is 0 Å². The molecule has 1 amide bonds. The Hall–Kier alpha value is -3.84. The molecule has 0 bridgehead atoms. The highest BCUT2D eigenvalue weighted by molar-refractivity contribution is 5.98. The average Bonchev–Trinajstić information content (AvgIpc) is 3.50. The number of carbonyl (C=O) groups is 2. The second-order valence-corrected chi connectivity index (χ2v) is 8.28. The number of amides is 1. The third-order valence-corrected chi connectivity index (χ3v) is 6.01. The molecule has 0 radical (unpaired) electrons. The number of para-hydroxylation sites is 2. The Morgan fingerprint density at radius 3 is 2.45 bits per heavy atom. The molecule has 4 aromatic rings. The van der Waals surface area contributed by atoms with Crippen LogP contribution >= 0.6 is 0 Å². The van der Waals surface area contributed by atoms with Crippen molar-refractivity contribution in [3.05, 3.63) is 84.2 Å². The lowest BCUT2D eigenvalue weighted by atomic mass is 10.1. The highest BCUT2D eigenvalue weighted by atomic mass is 16.3. The molecular weight excluding hydrogens is 416 g/mol. The molecule has 33 heavy (non-hydrogen) atoms. The number of ketones is 1. The number of aromatic nitrogens is 2. The number of nitrogens with zero attached hydrogens (tertiary/aromatic N) is 2. The molecule has 2 heterocycles. The van der Waals surface area contributed by atoms with Crippen LogP contribution in [0.4, 0.5) is 0 Å². The van der Waals surface area contributed by atoms with Gasteiger partial charge in [-0.1, -0.05) is 24.3 Å². The molecule has 1 saturated carbocycles. The number of benzene rings is 2. The fourth-order valence-corrected chi connectivity index (χ4v) is 4.20. The van der Waals surface area contributed by atoms with Crippen LogP contribution in [-0.4, -0.2) is 40.3 Å². The molecule has 2 N–H and O–H groups in total. The van der Waals surface area contributed by atoms with Crippen LogP contribution in [0.1, 0.15) is 40.0 Å². The first kappa shape index (κ1) is 21.0. The number of pyridine rings is 1. The number of nitrogens with one attached hydrogen (secondary N) is 2. The summed E-state index contributed by atoms with van der Waals surface area (Å²) < 4.78 is 5.79. The molecular formula is C26H24N4O3. The maximum atomic E-state index is 12.7. The number of fused-ring (bicyclic) bond motifs is 1. The molecule has 0 aliphatic heterocycles. The van der Waals surface area contributed by atoms with E-state index < -0.39 is 0 Å². The summed E-state index contributed by atoms with van der Waals surface area (Å²) in [6.07, 6.45) is 5.84. The summed E-state index contributed by atoms with van der Waals surface area (Å²) >= 11 is 0. The summed E-state index contributed by atoms with van der Waals surface area (Å²) in [7, 11) is 0. The fraction of sp³-hybridized carbons (Fsp3) is 0.231. The monoisotopic (exact) mass is 440 g/mol. The zero-order valence-electron chi connectivity index (χ0n) is 18.0. The Bertz CT molecular complexity index is 1230. The Balaban J connectivity index is 1.12. The minimum atomic E-state index is -0.0850. The van der Waals surface area contributed by atoms with Crippen molar-refractivity contribution < 1.29 is 14.0 Å². The van der Waals surface area contributed by atoms with E-state index in [1.807, 2.05) is 36.4 Å². The maximum Gasteiger partial charge on any atom is 0.251 e. The zero-order valence-corrected chi connectivity index (χ0v) is 18.0. The molecule has 1 aliphatic rings. The second-order valence-electron chi connectivity index (χ2n) is 8.28. The van der Waals surface area contributed by atoms with E-state index in [2.05, 4.69) is 20.6 Å². The Morgan fingerprint density at radius 1 is 0.909 bits per heavy atom. The minimum absolute atomic E-state index is 0.0309. The van der Waals surface area contributed by atoms with Crippen molar-refractivity contribution in [2.45, 2.75) is 31.3 Å². The molecule has 2 aromatic heterocycles. The highest BCUT2D eigenvalue weighted by Crippen LogP contribution is 2.24. The van der Waals surface area contributed by atoms with Crippen LogP contribution in [0, 0.1) is 0 Å². The third-order valence-electron chi connectivity index (χ3n) is 6.01. The zero-order chi connectivity index (χ0) is 22.6. The Labute approximate surface area is 191 Å². The summed E-state index contributed by atoms with van der Waals surface area (Å²) in [5.74, 6) is 0.487. The fourth-order valence-electron chi connectivity index (χ4n) is 4.20. The standard InChI is InChI=1S/C26H24N4O3/c31-23(16-28-20-9-10-21(15-20)29-25(32)18-11-13-27-14-12-18)17-5-7-19(8-6-17)26-30-22-3-1-2-4-24(22)33-26/h1-8,11-14,20-21,28H,9-10,15-16H2,(H,29,32)/t20-,21+/m1/s1. The van der Waals surface area contributed by atoms with Crippen LogP contribution in [0.2, 0.25) is 0 Å². The number of rotatable bonds is 7. The molecule has 2 aromatic carbocycles. The van der Waals surface area contributed by atoms with Gasteiger partial charge in [0, 0.05) is 41.2 Å². The molecule has 0 unspecified atom stereocenters. The van der Waals surface area contributed by atoms with Crippen molar-refractivity contribution in [1.29, 1.82) is 0 Å². The summed E-state index contributed by atoms with van der Waals surface area (Å²) in [4.78, 5) is 33.4. The molecule has 5 rings (SSSR count). The smallest absolute Gasteiger partial charge is 0.251 e. The number of oxazole rings is 1. The van der Waals surface area contributed by atoms with Crippen molar-refractivity contribution in [3.8, 4) is 11.5 Å². The molecule has 0 spiro atoms. The van der Waals surface area contributed by atoms with E-state index in [4.69, 9.17) is 4.42 Å². The quantitative estimate of drug-likeness (QED) is 0.422. The van der Waals surface area contributed by atoms with Crippen molar-refractivity contribution in [2.75, 3.05) is 6.54 Å². The van der Waals surface area contributed by atoms with Gasteiger partial charge in [0.2, 0.25) is 5.89 Å². The normalized spacial score (nSPS) is 17.8. The molecule has 1 fully saturated rings. The van der Waals surface area contributed by atoms with Crippen LogP contribution < -0.4 is 10.6 Å². The van der Waals surface area contributed by atoms with Crippen molar-refractivity contribution >= 4 is 22.8 Å². The van der Waals surface area contributed by atoms with Crippen molar-refractivity contribution in [2.24, 2.45) is 0 Å². The van der Waals surface area contributed by atoms with Gasteiger partial charge in [-0.2, -0.15) is 0 Å². The van der Waals surface area contributed by atoms with Gasteiger partial charge in [0.05, 0.1) is 6.54 Å². The van der Waals surface area contributed by atoms with E-state index in [9.17, 15) is 9.59 Å².